The van der Waals surface area contributed by atoms with Gasteiger partial charge in [0, 0.05) is 31.6 Å². The minimum absolute atomic E-state index is 0.810. The van der Waals surface area contributed by atoms with Gasteiger partial charge in [-0.15, -0.1) is 22.7 Å². The van der Waals surface area contributed by atoms with Crippen molar-refractivity contribution < 1.29 is 4.74 Å². The van der Waals surface area contributed by atoms with E-state index in [1.54, 1.807) is 22.7 Å². The molecule has 0 unspecified atom stereocenters. The Morgan fingerprint density at radius 3 is 3.05 bits per heavy atom. The van der Waals surface area contributed by atoms with E-state index in [1.165, 1.54) is 9.88 Å². The van der Waals surface area contributed by atoms with Crippen LogP contribution < -0.4 is 5.32 Å². The zero-order chi connectivity index (χ0) is 13.3. The van der Waals surface area contributed by atoms with Crippen LogP contribution in [0.1, 0.15) is 18.4 Å². The Bertz CT molecular complexity index is 454. The van der Waals surface area contributed by atoms with Crippen LogP contribution in [0.3, 0.4) is 0 Å². The Hall–Kier alpha value is -0.750. The van der Waals surface area contributed by atoms with Crippen molar-refractivity contribution in [3.8, 4) is 10.6 Å². The van der Waals surface area contributed by atoms with Gasteiger partial charge in [0.15, 0.2) is 0 Å². The molecule has 0 radical (unpaired) electrons. The van der Waals surface area contributed by atoms with Gasteiger partial charge in [0.1, 0.15) is 0 Å². The largest absolute Gasteiger partial charge is 0.382 e. The first kappa shape index (κ1) is 14.7. The highest BCUT2D eigenvalue weighted by atomic mass is 32.1. The van der Waals surface area contributed by atoms with Gasteiger partial charge in [-0.3, -0.25) is 0 Å². The molecule has 19 heavy (non-hydrogen) atoms. The van der Waals surface area contributed by atoms with Crippen molar-refractivity contribution in [3.05, 3.63) is 27.9 Å². The standard InChI is InChI=1S/C14H20N2OS2/c1-2-17-9-4-7-15-8-6-14-16-12(11-19-14)13-5-3-10-18-13/h3,5,10-11,15H,2,4,6-9H2,1H3. The van der Waals surface area contributed by atoms with Gasteiger partial charge < -0.3 is 10.1 Å². The summed E-state index contributed by atoms with van der Waals surface area (Å²) in [7, 11) is 0. The summed E-state index contributed by atoms with van der Waals surface area (Å²) in [5, 5.41) is 8.88. The number of hydrogen-bond acceptors (Lipinski definition) is 5. The number of rotatable bonds is 9. The minimum Gasteiger partial charge on any atom is -0.382 e. The smallest absolute Gasteiger partial charge is 0.0945 e. The number of nitrogens with zero attached hydrogens (tertiary/aromatic N) is 1. The highest BCUT2D eigenvalue weighted by Gasteiger charge is 2.04. The monoisotopic (exact) mass is 296 g/mol. The molecule has 0 aliphatic rings. The molecule has 0 aromatic carbocycles. The lowest BCUT2D eigenvalue weighted by molar-refractivity contribution is 0.145. The fourth-order valence-corrected chi connectivity index (χ4v) is 3.29. The Kier molecular flexibility index (Phi) is 6.50. The predicted molar refractivity (Wildman–Crippen MR) is 83.1 cm³/mol. The maximum absolute atomic E-state index is 5.29. The lowest BCUT2D eigenvalue weighted by Gasteiger charge is -2.03. The summed E-state index contributed by atoms with van der Waals surface area (Å²) in [6.07, 6.45) is 2.08. The molecule has 0 fully saturated rings. The SMILES string of the molecule is CCOCCCNCCc1nc(-c2cccs2)cs1. The van der Waals surface area contributed by atoms with Gasteiger partial charge in [-0.2, -0.15) is 0 Å². The molecular weight excluding hydrogens is 276 g/mol. The maximum atomic E-state index is 5.29. The van der Waals surface area contributed by atoms with Crippen molar-refractivity contribution in [1.82, 2.24) is 10.3 Å². The Morgan fingerprint density at radius 1 is 1.32 bits per heavy atom. The van der Waals surface area contributed by atoms with Crippen molar-refractivity contribution in [2.75, 3.05) is 26.3 Å². The van der Waals surface area contributed by atoms with Gasteiger partial charge in [-0.05, 0) is 31.3 Å². The average Bonchev–Trinajstić information content (AvgIpc) is 3.08. The van der Waals surface area contributed by atoms with E-state index in [0.717, 1.165) is 44.8 Å². The van der Waals surface area contributed by atoms with Crippen LogP contribution in [-0.4, -0.2) is 31.3 Å². The van der Waals surface area contributed by atoms with Crippen molar-refractivity contribution in [2.24, 2.45) is 0 Å². The van der Waals surface area contributed by atoms with Crippen molar-refractivity contribution in [3.63, 3.8) is 0 Å². The van der Waals surface area contributed by atoms with Crippen LogP contribution in [0.5, 0.6) is 0 Å². The third-order valence-corrected chi connectivity index (χ3v) is 4.49. The van der Waals surface area contributed by atoms with Crippen LogP contribution in [0.25, 0.3) is 10.6 Å². The Balaban J connectivity index is 1.64. The number of thiophene rings is 1. The second-order valence-electron chi connectivity index (χ2n) is 4.15. The average molecular weight is 296 g/mol. The van der Waals surface area contributed by atoms with Crippen LogP contribution >= 0.6 is 22.7 Å². The third-order valence-electron chi connectivity index (χ3n) is 2.69. The summed E-state index contributed by atoms with van der Waals surface area (Å²) in [6, 6.07) is 4.19. The molecule has 2 heterocycles. The summed E-state index contributed by atoms with van der Waals surface area (Å²) >= 11 is 3.49. The van der Waals surface area contributed by atoms with Crippen molar-refractivity contribution in [2.45, 2.75) is 19.8 Å². The first-order valence-electron chi connectivity index (χ1n) is 6.67. The zero-order valence-electron chi connectivity index (χ0n) is 11.2. The molecule has 3 nitrogen and oxygen atoms in total. The summed E-state index contributed by atoms with van der Waals surface area (Å²) in [6.45, 7) is 5.70. The molecule has 0 atom stereocenters. The molecule has 0 saturated carbocycles. The highest BCUT2D eigenvalue weighted by molar-refractivity contribution is 7.14. The van der Waals surface area contributed by atoms with Gasteiger partial charge in [0.25, 0.3) is 0 Å². The molecule has 0 amide bonds. The molecule has 5 heteroatoms. The number of nitrogens with one attached hydrogen (secondary N) is 1. The first-order valence-corrected chi connectivity index (χ1v) is 8.43. The zero-order valence-corrected chi connectivity index (χ0v) is 12.9. The van der Waals surface area contributed by atoms with Crippen LogP contribution in [-0.2, 0) is 11.2 Å². The van der Waals surface area contributed by atoms with E-state index in [0.29, 0.717) is 0 Å². The molecule has 104 valence electrons. The third kappa shape index (κ3) is 5.03. The molecular formula is C14H20N2OS2. The molecule has 2 rings (SSSR count). The van der Waals surface area contributed by atoms with E-state index in [2.05, 4.69) is 33.2 Å². The number of hydrogen-bond donors (Lipinski definition) is 1. The van der Waals surface area contributed by atoms with E-state index in [9.17, 15) is 0 Å². The molecule has 0 aliphatic carbocycles. The van der Waals surface area contributed by atoms with Crippen LogP contribution in [0.15, 0.2) is 22.9 Å². The van der Waals surface area contributed by atoms with Gasteiger partial charge in [-0.1, -0.05) is 6.07 Å². The van der Waals surface area contributed by atoms with Crippen LogP contribution in [0.4, 0.5) is 0 Å². The van der Waals surface area contributed by atoms with E-state index < -0.39 is 0 Å². The fourth-order valence-electron chi connectivity index (χ4n) is 1.73. The molecule has 0 saturated heterocycles. The minimum atomic E-state index is 0.810. The molecule has 2 aromatic rings. The van der Waals surface area contributed by atoms with Gasteiger partial charge in [-0.25, -0.2) is 4.98 Å². The molecule has 1 N–H and O–H groups in total. The van der Waals surface area contributed by atoms with E-state index in [4.69, 9.17) is 4.74 Å². The van der Waals surface area contributed by atoms with E-state index in [1.807, 2.05) is 6.92 Å². The Labute approximate surface area is 122 Å². The quantitative estimate of drug-likeness (QED) is 0.720. The van der Waals surface area contributed by atoms with E-state index >= 15 is 0 Å². The summed E-state index contributed by atoms with van der Waals surface area (Å²) in [5.74, 6) is 0. The van der Waals surface area contributed by atoms with Gasteiger partial charge in [0.2, 0.25) is 0 Å². The second kappa shape index (κ2) is 8.43. The lowest BCUT2D eigenvalue weighted by Crippen LogP contribution is -2.19. The van der Waals surface area contributed by atoms with Gasteiger partial charge in [0.05, 0.1) is 15.6 Å². The predicted octanol–water partition coefficient (Wildman–Crippen LogP) is 3.43. The second-order valence-corrected chi connectivity index (χ2v) is 6.04. The molecule has 0 bridgehead atoms. The normalized spacial score (nSPS) is 11.0. The summed E-state index contributed by atoms with van der Waals surface area (Å²) < 4.78 is 5.29. The highest BCUT2D eigenvalue weighted by Crippen LogP contribution is 2.25. The number of ether oxygens (including phenoxy) is 1. The number of aromatic nitrogens is 1. The molecule has 0 spiro atoms. The van der Waals surface area contributed by atoms with Crippen molar-refractivity contribution in [1.29, 1.82) is 0 Å². The van der Waals surface area contributed by atoms with Gasteiger partial charge >= 0.3 is 0 Å². The van der Waals surface area contributed by atoms with Crippen LogP contribution in [0, 0.1) is 0 Å². The molecule has 0 aliphatic heterocycles. The number of thiazole rings is 1. The van der Waals surface area contributed by atoms with Crippen molar-refractivity contribution >= 4 is 22.7 Å². The summed E-state index contributed by atoms with van der Waals surface area (Å²) in [4.78, 5) is 5.92. The van der Waals surface area contributed by atoms with Crippen LogP contribution in [0.2, 0.25) is 0 Å². The Morgan fingerprint density at radius 2 is 2.26 bits per heavy atom. The van der Waals surface area contributed by atoms with E-state index in [-0.39, 0.29) is 0 Å². The lowest BCUT2D eigenvalue weighted by atomic mass is 10.3. The summed E-state index contributed by atoms with van der Waals surface area (Å²) in [5.41, 5.74) is 1.12. The fraction of sp³-hybridized carbons (Fsp3) is 0.500. The topological polar surface area (TPSA) is 34.1 Å². The first-order chi connectivity index (χ1) is 9.40. The molecule has 2 aromatic heterocycles. The maximum Gasteiger partial charge on any atom is 0.0945 e.